The van der Waals surface area contributed by atoms with Gasteiger partial charge in [0.1, 0.15) is 5.70 Å². The zero-order chi connectivity index (χ0) is 15.7. The van der Waals surface area contributed by atoms with Gasteiger partial charge in [0.25, 0.3) is 11.8 Å². The van der Waals surface area contributed by atoms with Gasteiger partial charge < -0.3 is 10.4 Å². The number of imide groups is 1. The molecule has 5 nitrogen and oxygen atoms in total. The molecule has 0 saturated carbocycles. The van der Waals surface area contributed by atoms with Crippen molar-refractivity contribution in [3.63, 3.8) is 0 Å². The van der Waals surface area contributed by atoms with E-state index in [2.05, 4.69) is 37.2 Å². The van der Waals surface area contributed by atoms with E-state index in [1.165, 1.54) is 0 Å². The molecule has 1 aliphatic rings. The Bertz CT molecular complexity index is 661. The molecule has 2 N–H and O–H groups in total. The van der Waals surface area contributed by atoms with Gasteiger partial charge in [-0.1, -0.05) is 15.9 Å². The average Bonchev–Trinajstić information content (AvgIpc) is 2.69. The fourth-order valence-electron chi connectivity index (χ4n) is 1.85. The number of hydrogen-bond acceptors (Lipinski definition) is 4. The molecular formula is C13H11Br2FN2O3. The predicted octanol–water partition coefficient (Wildman–Crippen LogP) is 2.32. The molecule has 2 amide bonds. The van der Waals surface area contributed by atoms with Gasteiger partial charge in [-0.15, -0.1) is 0 Å². The maximum absolute atomic E-state index is 14.2. The quantitative estimate of drug-likeness (QED) is 0.732. The minimum absolute atomic E-state index is 0.0326. The van der Waals surface area contributed by atoms with Crippen molar-refractivity contribution in [3.05, 3.63) is 38.2 Å². The number of aliphatic hydroxyl groups excluding tert-OH is 1. The molecule has 8 heteroatoms. The van der Waals surface area contributed by atoms with E-state index >= 15 is 0 Å². The summed E-state index contributed by atoms with van der Waals surface area (Å²) in [5.74, 6) is -1.67. The van der Waals surface area contributed by atoms with Crippen LogP contribution in [0.1, 0.15) is 5.56 Å². The highest BCUT2D eigenvalue weighted by molar-refractivity contribution is 9.11. The van der Waals surface area contributed by atoms with Crippen LogP contribution in [0.5, 0.6) is 0 Å². The minimum atomic E-state index is -0.596. The van der Waals surface area contributed by atoms with Crippen LogP contribution < -0.4 is 5.32 Å². The number of aliphatic hydroxyl groups is 1. The van der Waals surface area contributed by atoms with E-state index in [9.17, 15) is 14.0 Å². The predicted molar refractivity (Wildman–Crippen MR) is 82.0 cm³/mol. The van der Waals surface area contributed by atoms with Crippen LogP contribution in [-0.2, 0) is 9.59 Å². The molecule has 0 radical (unpaired) electrons. The van der Waals surface area contributed by atoms with Gasteiger partial charge in [-0.05, 0) is 28.9 Å². The maximum Gasteiger partial charge on any atom is 0.277 e. The normalized spacial score (nSPS) is 14.7. The Morgan fingerprint density at radius 3 is 2.62 bits per heavy atom. The molecule has 112 valence electrons. The number of nitrogens with zero attached hydrogens (tertiary/aromatic N) is 1. The second-order valence-corrected chi connectivity index (χ2v) is 6.06. The molecule has 1 heterocycles. The third-order valence-electron chi connectivity index (χ3n) is 2.99. The van der Waals surface area contributed by atoms with Crippen molar-refractivity contribution in [2.24, 2.45) is 0 Å². The minimum Gasteiger partial charge on any atom is -0.395 e. The smallest absolute Gasteiger partial charge is 0.277 e. The van der Waals surface area contributed by atoms with Crippen molar-refractivity contribution >= 4 is 49.4 Å². The monoisotopic (exact) mass is 420 g/mol. The van der Waals surface area contributed by atoms with E-state index < -0.39 is 17.6 Å². The van der Waals surface area contributed by atoms with Crippen LogP contribution in [-0.4, -0.2) is 35.0 Å². The fourth-order valence-corrected chi connectivity index (χ4v) is 3.06. The van der Waals surface area contributed by atoms with Crippen molar-refractivity contribution in [3.8, 4) is 0 Å². The lowest BCUT2D eigenvalue weighted by Gasteiger charge is -2.15. The van der Waals surface area contributed by atoms with E-state index in [-0.39, 0.29) is 24.5 Å². The van der Waals surface area contributed by atoms with E-state index in [0.717, 1.165) is 11.0 Å². The van der Waals surface area contributed by atoms with Gasteiger partial charge in [0.2, 0.25) is 0 Å². The summed E-state index contributed by atoms with van der Waals surface area (Å²) in [5.41, 5.74) is 0.425. The second-order valence-electron chi connectivity index (χ2n) is 4.36. The number of amides is 2. The molecular weight excluding hydrogens is 411 g/mol. The molecule has 1 aliphatic heterocycles. The van der Waals surface area contributed by atoms with Gasteiger partial charge in [-0.25, -0.2) is 4.39 Å². The average molecular weight is 422 g/mol. The first-order chi connectivity index (χ1) is 9.86. The summed E-state index contributed by atoms with van der Waals surface area (Å²) in [6, 6.07) is 1.65. The summed E-state index contributed by atoms with van der Waals surface area (Å²) in [7, 11) is 0. The summed E-state index contributed by atoms with van der Waals surface area (Å²) >= 11 is 6.44. The Balaban J connectivity index is 2.32. The van der Waals surface area contributed by atoms with E-state index in [1.54, 1.807) is 13.0 Å². The van der Waals surface area contributed by atoms with Crippen LogP contribution in [0.4, 0.5) is 10.1 Å². The van der Waals surface area contributed by atoms with Crippen molar-refractivity contribution in [1.29, 1.82) is 0 Å². The number of β-amino-alcohol motifs (C(OH)–C–C–N with tert-alkyl or cyclic N) is 1. The third-order valence-corrected chi connectivity index (χ3v) is 4.44. The fraction of sp³-hybridized carbons (Fsp3) is 0.231. The van der Waals surface area contributed by atoms with Crippen molar-refractivity contribution < 1.29 is 19.1 Å². The zero-order valence-electron chi connectivity index (χ0n) is 10.9. The van der Waals surface area contributed by atoms with Gasteiger partial charge in [0.05, 0.1) is 18.8 Å². The largest absolute Gasteiger partial charge is 0.395 e. The Kier molecular flexibility index (Phi) is 4.80. The zero-order valence-corrected chi connectivity index (χ0v) is 14.1. The second kappa shape index (κ2) is 6.25. The first-order valence-electron chi connectivity index (χ1n) is 5.96. The van der Waals surface area contributed by atoms with Crippen LogP contribution in [0.15, 0.2) is 26.8 Å². The molecule has 0 aromatic heterocycles. The highest BCUT2D eigenvalue weighted by Gasteiger charge is 2.31. The molecule has 0 unspecified atom stereocenters. The summed E-state index contributed by atoms with van der Waals surface area (Å²) in [5, 5.41) is 11.5. The van der Waals surface area contributed by atoms with Crippen LogP contribution in [0.2, 0.25) is 0 Å². The molecule has 2 rings (SSSR count). The van der Waals surface area contributed by atoms with Gasteiger partial charge in [0, 0.05) is 20.6 Å². The van der Waals surface area contributed by atoms with Crippen LogP contribution in [0, 0.1) is 12.7 Å². The Morgan fingerprint density at radius 2 is 2.00 bits per heavy atom. The Labute approximate surface area is 137 Å². The summed E-state index contributed by atoms with van der Waals surface area (Å²) < 4.78 is 15.2. The Morgan fingerprint density at radius 1 is 1.33 bits per heavy atom. The lowest BCUT2D eigenvalue weighted by atomic mass is 10.2. The molecule has 0 atom stereocenters. The van der Waals surface area contributed by atoms with E-state index in [4.69, 9.17) is 5.11 Å². The maximum atomic E-state index is 14.2. The number of rotatable bonds is 4. The SMILES string of the molecule is Cc1c(Br)cc(Br)c(NC2=CC(=O)N(CCO)C2=O)c1F. The van der Waals surface area contributed by atoms with Crippen molar-refractivity contribution in [2.75, 3.05) is 18.5 Å². The van der Waals surface area contributed by atoms with Crippen molar-refractivity contribution in [1.82, 2.24) is 4.90 Å². The Hall–Kier alpha value is -1.25. The third kappa shape index (κ3) is 3.02. The van der Waals surface area contributed by atoms with E-state index in [0.29, 0.717) is 14.5 Å². The van der Waals surface area contributed by atoms with Gasteiger partial charge in [-0.2, -0.15) is 0 Å². The first-order valence-corrected chi connectivity index (χ1v) is 7.55. The highest BCUT2D eigenvalue weighted by Crippen LogP contribution is 2.34. The van der Waals surface area contributed by atoms with Crippen molar-refractivity contribution in [2.45, 2.75) is 6.92 Å². The number of halogens is 3. The lowest BCUT2D eigenvalue weighted by Crippen LogP contribution is -2.34. The molecule has 0 aliphatic carbocycles. The molecule has 0 bridgehead atoms. The standard InChI is InChI=1S/C13H11Br2FN2O3/c1-6-7(14)4-8(15)12(11(6)16)17-9-5-10(20)18(2-3-19)13(9)21/h4-5,17,19H,2-3H2,1H3. The van der Waals surface area contributed by atoms with Crippen LogP contribution >= 0.6 is 31.9 Å². The van der Waals surface area contributed by atoms with Crippen LogP contribution in [0.25, 0.3) is 0 Å². The molecule has 0 spiro atoms. The van der Waals surface area contributed by atoms with E-state index in [1.807, 2.05) is 0 Å². The molecule has 0 saturated heterocycles. The summed E-state index contributed by atoms with van der Waals surface area (Å²) in [4.78, 5) is 24.5. The molecule has 1 aromatic rings. The topological polar surface area (TPSA) is 69.6 Å². The van der Waals surface area contributed by atoms with Gasteiger partial charge >= 0.3 is 0 Å². The van der Waals surface area contributed by atoms with Gasteiger partial charge in [0.15, 0.2) is 5.82 Å². The number of anilines is 1. The lowest BCUT2D eigenvalue weighted by molar-refractivity contribution is -0.137. The number of hydrogen-bond donors (Lipinski definition) is 2. The van der Waals surface area contributed by atoms with Gasteiger partial charge in [-0.3, -0.25) is 14.5 Å². The number of carbonyl (C=O) groups is 2. The summed E-state index contributed by atoms with van der Waals surface area (Å²) in [6.45, 7) is 1.17. The van der Waals surface area contributed by atoms with Crippen LogP contribution in [0.3, 0.4) is 0 Å². The highest BCUT2D eigenvalue weighted by atomic mass is 79.9. The molecule has 21 heavy (non-hydrogen) atoms. The summed E-state index contributed by atoms with van der Waals surface area (Å²) in [6.07, 6.45) is 1.08. The number of benzene rings is 1. The number of carbonyl (C=O) groups excluding carboxylic acids is 2. The molecule has 0 fully saturated rings. The molecule has 1 aromatic carbocycles. The first kappa shape index (κ1) is 16.1. The number of nitrogens with one attached hydrogen (secondary N) is 1.